The largest absolute Gasteiger partial charge is 0.493 e. The van der Waals surface area contributed by atoms with E-state index >= 15 is 0 Å². The van der Waals surface area contributed by atoms with Crippen LogP contribution in [0.3, 0.4) is 0 Å². The predicted octanol–water partition coefficient (Wildman–Crippen LogP) is 4.30. The Bertz CT molecular complexity index is 1060. The number of hydrogen-bond donors (Lipinski definition) is 1. The number of anilines is 1. The fraction of sp³-hybridized carbons (Fsp3) is 0.182. The first-order valence-electron chi connectivity index (χ1n) is 8.96. The summed E-state index contributed by atoms with van der Waals surface area (Å²) in [5.41, 5.74) is 3.45. The fourth-order valence-electron chi connectivity index (χ4n) is 3.00. The molecule has 3 rings (SSSR count). The molecule has 0 aliphatic heterocycles. The molecule has 6 nitrogen and oxygen atoms in total. The molecule has 0 saturated carbocycles. The highest BCUT2D eigenvalue weighted by molar-refractivity contribution is 6.02. The van der Waals surface area contributed by atoms with Gasteiger partial charge in [0, 0.05) is 29.5 Å². The molecule has 0 aliphatic carbocycles. The van der Waals surface area contributed by atoms with E-state index in [4.69, 9.17) is 9.47 Å². The lowest BCUT2D eigenvalue weighted by Gasteiger charge is -2.11. The van der Waals surface area contributed by atoms with Crippen molar-refractivity contribution >= 4 is 17.7 Å². The van der Waals surface area contributed by atoms with Gasteiger partial charge in [0.2, 0.25) is 5.91 Å². The van der Waals surface area contributed by atoms with Gasteiger partial charge in [-0.3, -0.25) is 4.79 Å². The molecule has 7 heteroatoms. The van der Waals surface area contributed by atoms with E-state index in [1.807, 2.05) is 48.9 Å². The average molecular weight is 395 g/mol. The highest BCUT2D eigenvalue weighted by Crippen LogP contribution is 2.32. The van der Waals surface area contributed by atoms with Crippen LogP contribution in [0, 0.1) is 19.7 Å². The SMILES string of the molecule is COc1cc(F)c(NC(=O)/C=C/c2c(C)nn(-c3ccccc3)c2C)cc1OC. The van der Waals surface area contributed by atoms with Crippen LogP contribution in [0.5, 0.6) is 11.5 Å². The van der Waals surface area contributed by atoms with Crippen molar-refractivity contribution in [2.24, 2.45) is 0 Å². The summed E-state index contributed by atoms with van der Waals surface area (Å²) in [5, 5.41) is 7.06. The van der Waals surface area contributed by atoms with Crippen molar-refractivity contribution in [3.8, 4) is 17.2 Å². The minimum atomic E-state index is -0.617. The van der Waals surface area contributed by atoms with Gasteiger partial charge >= 0.3 is 0 Å². The predicted molar refractivity (Wildman–Crippen MR) is 110 cm³/mol. The van der Waals surface area contributed by atoms with Crippen molar-refractivity contribution in [3.63, 3.8) is 0 Å². The van der Waals surface area contributed by atoms with E-state index in [-0.39, 0.29) is 11.4 Å². The van der Waals surface area contributed by atoms with E-state index in [2.05, 4.69) is 10.4 Å². The summed E-state index contributed by atoms with van der Waals surface area (Å²) in [6.07, 6.45) is 3.02. The van der Waals surface area contributed by atoms with Crippen molar-refractivity contribution in [1.82, 2.24) is 9.78 Å². The first-order chi connectivity index (χ1) is 13.9. The zero-order valence-electron chi connectivity index (χ0n) is 16.7. The van der Waals surface area contributed by atoms with Crippen LogP contribution in [0.2, 0.25) is 0 Å². The Morgan fingerprint density at radius 1 is 1.10 bits per heavy atom. The number of carbonyl (C=O) groups excluding carboxylic acids is 1. The fourth-order valence-corrected chi connectivity index (χ4v) is 3.00. The maximum absolute atomic E-state index is 14.2. The molecular formula is C22H22FN3O3. The molecule has 29 heavy (non-hydrogen) atoms. The van der Waals surface area contributed by atoms with E-state index in [0.717, 1.165) is 28.7 Å². The van der Waals surface area contributed by atoms with Crippen LogP contribution < -0.4 is 14.8 Å². The maximum Gasteiger partial charge on any atom is 0.248 e. The molecule has 0 unspecified atom stereocenters. The molecule has 1 N–H and O–H groups in total. The van der Waals surface area contributed by atoms with Crippen molar-refractivity contribution in [3.05, 3.63) is 71.3 Å². The topological polar surface area (TPSA) is 65.4 Å². The van der Waals surface area contributed by atoms with Gasteiger partial charge < -0.3 is 14.8 Å². The monoisotopic (exact) mass is 395 g/mol. The summed E-state index contributed by atoms with van der Waals surface area (Å²) < 4.78 is 26.2. The second-order valence-corrected chi connectivity index (χ2v) is 6.34. The molecule has 0 aliphatic rings. The summed E-state index contributed by atoms with van der Waals surface area (Å²) in [6.45, 7) is 3.80. The molecule has 0 spiro atoms. The van der Waals surface area contributed by atoms with Crippen molar-refractivity contribution in [1.29, 1.82) is 0 Å². The van der Waals surface area contributed by atoms with Gasteiger partial charge in [0.05, 0.1) is 31.3 Å². The lowest BCUT2D eigenvalue weighted by Crippen LogP contribution is -2.10. The van der Waals surface area contributed by atoms with Crippen LogP contribution in [0.25, 0.3) is 11.8 Å². The summed E-state index contributed by atoms with van der Waals surface area (Å²) >= 11 is 0. The molecule has 3 aromatic rings. The Balaban J connectivity index is 1.81. The third-order valence-corrected chi connectivity index (χ3v) is 4.48. The highest BCUT2D eigenvalue weighted by atomic mass is 19.1. The molecule has 150 valence electrons. The number of rotatable bonds is 6. The van der Waals surface area contributed by atoms with Crippen LogP contribution in [-0.4, -0.2) is 29.9 Å². The van der Waals surface area contributed by atoms with Gasteiger partial charge in [-0.2, -0.15) is 5.10 Å². The number of methoxy groups -OCH3 is 2. The summed E-state index contributed by atoms with van der Waals surface area (Å²) in [5.74, 6) is -0.516. The molecule has 0 radical (unpaired) electrons. The van der Waals surface area contributed by atoms with Gasteiger partial charge in [0.1, 0.15) is 0 Å². The van der Waals surface area contributed by atoms with Crippen molar-refractivity contribution in [2.45, 2.75) is 13.8 Å². The number of aryl methyl sites for hydroxylation is 1. The van der Waals surface area contributed by atoms with E-state index in [9.17, 15) is 9.18 Å². The Morgan fingerprint density at radius 3 is 2.41 bits per heavy atom. The van der Waals surface area contributed by atoms with E-state index in [0.29, 0.717) is 5.75 Å². The number of benzene rings is 2. The lowest BCUT2D eigenvalue weighted by molar-refractivity contribution is -0.111. The Labute approximate surface area is 168 Å². The van der Waals surface area contributed by atoms with Gasteiger partial charge in [-0.1, -0.05) is 18.2 Å². The highest BCUT2D eigenvalue weighted by Gasteiger charge is 2.14. The number of amides is 1. The smallest absolute Gasteiger partial charge is 0.248 e. The normalized spacial score (nSPS) is 10.9. The van der Waals surface area contributed by atoms with Crippen LogP contribution in [-0.2, 0) is 4.79 Å². The van der Waals surface area contributed by atoms with Crippen molar-refractivity contribution in [2.75, 3.05) is 19.5 Å². The van der Waals surface area contributed by atoms with E-state index in [1.54, 1.807) is 6.08 Å². The Hall–Kier alpha value is -3.61. The van der Waals surface area contributed by atoms with E-state index in [1.165, 1.54) is 26.4 Å². The molecule has 1 amide bonds. The second-order valence-electron chi connectivity index (χ2n) is 6.34. The Morgan fingerprint density at radius 2 is 1.76 bits per heavy atom. The molecule has 1 aromatic heterocycles. The second kappa shape index (κ2) is 8.60. The standard InChI is InChI=1S/C22H22FN3O3/c1-14-17(15(2)26(25-14)16-8-6-5-7-9-16)10-11-22(27)24-19-13-21(29-4)20(28-3)12-18(19)23/h5-13H,1-4H3,(H,24,27)/b11-10+. The van der Waals surface area contributed by atoms with Crippen LogP contribution in [0.15, 0.2) is 48.5 Å². The van der Waals surface area contributed by atoms with Gasteiger partial charge in [0.25, 0.3) is 0 Å². The maximum atomic E-state index is 14.2. The van der Waals surface area contributed by atoms with Gasteiger partial charge in [-0.05, 0) is 32.1 Å². The van der Waals surface area contributed by atoms with Crippen molar-refractivity contribution < 1.29 is 18.7 Å². The number of nitrogens with one attached hydrogen (secondary N) is 1. The number of ether oxygens (including phenoxy) is 2. The zero-order chi connectivity index (χ0) is 21.0. The lowest BCUT2D eigenvalue weighted by atomic mass is 10.2. The molecule has 1 heterocycles. The van der Waals surface area contributed by atoms with Gasteiger partial charge in [-0.15, -0.1) is 0 Å². The van der Waals surface area contributed by atoms with Crippen LogP contribution >= 0.6 is 0 Å². The van der Waals surface area contributed by atoms with Crippen LogP contribution in [0.1, 0.15) is 17.0 Å². The molecular weight excluding hydrogens is 373 g/mol. The van der Waals surface area contributed by atoms with Gasteiger partial charge in [0.15, 0.2) is 17.3 Å². The molecule has 0 fully saturated rings. The molecule has 0 saturated heterocycles. The first kappa shape index (κ1) is 20.1. The quantitative estimate of drug-likeness (QED) is 0.632. The zero-order valence-corrected chi connectivity index (χ0v) is 16.7. The Kier molecular flexibility index (Phi) is 5.97. The molecule has 2 aromatic carbocycles. The number of nitrogens with zero attached hydrogens (tertiary/aromatic N) is 2. The minimum Gasteiger partial charge on any atom is -0.493 e. The summed E-state index contributed by atoms with van der Waals surface area (Å²) in [4.78, 5) is 12.3. The number of hydrogen-bond acceptors (Lipinski definition) is 4. The minimum absolute atomic E-state index is 0.00530. The number of halogens is 1. The number of aromatic nitrogens is 2. The summed E-state index contributed by atoms with van der Waals surface area (Å²) in [6, 6.07) is 12.3. The average Bonchev–Trinajstić information content (AvgIpc) is 3.01. The number of para-hydroxylation sites is 1. The molecule has 0 atom stereocenters. The molecule has 0 bridgehead atoms. The third kappa shape index (κ3) is 4.29. The van der Waals surface area contributed by atoms with E-state index < -0.39 is 11.7 Å². The summed E-state index contributed by atoms with van der Waals surface area (Å²) in [7, 11) is 2.86. The number of carbonyl (C=O) groups is 1. The van der Waals surface area contributed by atoms with Crippen LogP contribution in [0.4, 0.5) is 10.1 Å². The first-order valence-corrected chi connectivity index (χ1v) is 8.96. The van der Waals surface area contributed by atoms with Gasteiger partial charge in [-0.25, -0.2) is 9.07 Å². The third-order valence-electron chi connectivity index (χ3n) is 4.48.